The molecule has 1 heterocycles. The Bertz CT molecular complexity index is 541. The fourth-order valence-electron chi connectivity index (χ4n) is 2.38. The molecular formula is C14H21NO3S. The van der Waals surface area contributed by atoms with Crippen molar-refractivity contribution in [3.8, 4) is 5.75 Å². The van der Waals surface area contributed by atoms with Crippen molar-refractivity contribution in [3.63, 3.8) is 0 Å². The molecule has 1 N–H and O–H groups in total. The van der Waals surface area contributed by atoms with Crippen LogP contribution >= 0.6 is 0 Å². The molecule has 5 heteroatoms. The van der Waals surface area contributed by atoms with E-state index in [1.54, 1.807) is 0 Å². The number of benzene rings is 1. The average Bonchev–Trinajstić information content (AvgIpc) is 2.63. The van der Waals surface area contributed by atoms with Gasteiger partial charge >= 0.3 is 0 Å². The van der Waals surface area contributed by atoms with E-state index in [0.29, 0.717) is 19.6 Å². The minimum absolute atomic E-state index is 0.227. The highest BCUT2D eigenvalue weighted by Crippen LogP contribution is 2.23. The van der Waals surface area contributed by atoms with Gasteiger partial charge in [-0.05, 0) is 38.0 Å². The number of ether oxygens (including phenoxy) is 1. The van der Waals surface area contributed by atoms with Crippen LogP contribution in [-0.4, -0.2) is 32.1 Å². The molecule has 0 aliphatic carbocycles. The maximum absolute atomic E-state index is 11.5. The maximum atomic E-state index is 11.5. The first-order valence-electron chi connectivity index (χ1n) is 6.60. The van der Waals surface area contributed by atoms with Crippen LogP contribution in [0, 0.1) is 0 Å². The van der Waals surface area contributed by atoms with Gasteiger partial charge in [0.15, 0.2) is 9.84 Å². The molecule has 1 aromatic carbocycles. The Balaban J connectivity index is 1.97. The third-order valence-electron chi connectivity index (χ3n) is 3.43. The van der Waals surface area contributed by atoms with Crippen LogP contribution < -0.4 is 10.1 Å². The lowest BCUT2D eigenvalue weighted by Crippen LogP contribution is -2.42. The van der Waals surface area contributed by atoms with Crippen molar-refractivity contribution in [2.24, 2.45) is 0 Å². The highest BCUT2D eigenvalue weighted by Gasteiger charge is 2.37. The summed E-state index contributed by atoms with van der Waals surface area (Å²) in [7, 11) is -2.86. The van der Waals surface area contributed by atoms with E-state index in [2.05, 4.69) is 5.32 Å². The first kappa shape index (κ1) is 14.3. The van der Waals surface area contributed by atoms with Crippen LogP contribution in [-0.2, 0) is 16.4 Å². The molecule has 19 heavy (non-hydrogen) atoms. The molecule has 1 fully saturated rings. The van der Waals surface area contributed by atoms with Gasteiger partial charge in [0.05, 0.1) is 18.1 Å². The van der Waals surface area contributed by atoms with Crippen molar-refractivity contribution in [2.75, 3.05) is 18.1 Å². The van der Waals surface area contributed by atoms with Crippen LogP contribution in [0.4, 0.5) is 0 Å². The summed E-state index contributed by atoms with van der Waals surface area (Å²) in [5.41, 5.74) is 0.803. The van der Waals surface area contributed by atoms with Crippen molar-refractivity contribution in [1.29, 1.82) is 0 Å². The smallest absolute Gasteiger partial charge is 0.152 e. The first-order chi connectivity index (χ1) is 8.92. The number of nitrogens with one attached hydrogen (secondary N) is 1. The average molecular weight is 283 g/mol. The van der Waals surface area contributed by atoms with E-state index in [9.17, 15) is 8.42 Å². The molecule has 106 valence electrons. The van der Waals surface area contributed by atoms with Crippen LogP contribution in [0.25, 0.3) is 0 Å². The summed E-state index contributed by atoms with van der Waals surface area (Å²) in [5, 5.41) is 3.36. The summed E-state index contributed by atoms with van der Waals surface area (Å²) in [4.78, 5) is 0. The fourth-order valence-corrected chi connectivity index (χ4v) is 4.50. The van der Waals surface area contributed by atoms with Gasteiger partial charge in [0.2, 0.25) is 0 Å². The molecule has 1 aromatic rings. The van der Waals surface area contributed by atoms with Crippen molar-refractivity contribution >= 4 is 9.84 Å². The van der Waals surface area contributed by atoms with E-state index in [1.807, 2.05) is 38.1 Å². The van der Waals surface area contributed by atoms with Gasteiger partial charge in [-0.1, -0.05) is 12.1 Å². The highest BCUT2D eigenvalue weighted by molar-refractivity contribution is 7.91. The van der Waals surface area contributed by atoms with Gasteiger partial charge in [0.25, 0.3) is 0 Å². The lowest BCUT2D eigenvalue weighted by Gasteiger charge is -2.24. The molecule has 0 saturated carbocycles. The maximum Gasteiger partial charge on any atom is 0.152 e. The number of hydrogen-bond donors (Lipinski definition) is 1. The molecule has 1 atom stereocenters. The normalized spacial score (nSPS) is 25.4. The van der Waals surface area contributed by atoms with Crippen molar-refractivity contribution in [3.05, 3.63) is 29.8 Å². The number of sulfone groups is 1. The van der Waals surface area contributed by atoms with Gasteiger partial charge in [-0.2, -0.15) is 0 Å². The molecule has 0 radical (unpaired) electrons. The highest BCUT2D eigenvalue weighted by atomic mass is 32.2. The van der Waals surface area contributed by atoms with E-state index in [-0.39, 0.29) is 17.0 Å². The van der Waals surface area contributed by atoms with Gasteiger partial charge in [-0.25, -0.2) is 8.42 Å². The third kappa shape index (κ3) is 3.94. The Labute approximate surface area is 115 Å². The molecule has 0 amide bonds. The Morgan fingerprint density at radius 3 is 2.84 bits per heavy atom. The van der Waals surface area contributed by atoms with Crippen molar-refractivity contribution in [1.82, 2.24) is 5.32 Å². The van der Waals surface area contributed by atoms with E-state index < -0.39 is 9.84 Å². The topological polar surface area (TPSA) is 55.4 Å². The van der Waals surface area contributed by atoms with Crippen LogP contribution in [0.5, 0.6) is 5.75 Å². The summed E-state index contributed by atoms with van der Waals surface area (Å²) in [6, 6.07) is 7.89. The van der Waals surface area contributed by atoms with Crippen LogP contribution in [0.2, 0.25) is 0 Å². The summed E-state index contributed by atoms with van der Waals surface area (Å²) >= 11 is 0. The van der Waals surface area contributed by atoms with Crippen molar-refractivity contribution in [2.45, 2.75) is 32.4 Å². The zero-order valence-electron chi connectivity index (χ0n) is 11.5. The second kappa shape index (κ2) is 5.51. The van der Waals surface area contributed by atoms with Crippen molar-refractivity contribution < 1.29 is 13.2 Å². The lowest BCUT2D eigenvalue weighted by atomic mass is 10.0. The molecule has 0 bridgehead atoms. The van der Waals surface area contributed by atoms with Gasteiger partial charge < -0.3 is 10.1 Å². The molecule has 0 spiro atoms. The SMILES string of the molecule is CCOc1cccc(CNC2(C)CCS(=O)(=O)C2)c1. The minimum atomic E-state index is -2.86. The minimum Gasteiger partial charge on any atom is -0.494 e. The Hall–Kier alpha value is -1.07. The second-order valence-electron chi connectivity index (χ2n) is 5.34. The standard InChI is InChI=1S/C14H21NO3S/c1-3-18-13-6-4-5-12(9-13)10-15-14(2)7-8-19(16,17)11-14/h4-6,9,15H,3,7-8,10-11H2,1-2H3. The van der Waals surface area contributed by atoms with Crippen LogP contribution in [0.3, 0.4) is 0 Å². The number of rotatable bonds is 5. The fraction of sp³-hybridized carbons (Fsp3) is 0.571. The number of hydrogen-bond acceptors (Lipinski definition) is 4. The monoisotopic (exact) mass is 283 g/mol. The van der Waals surface area contributed by atoms with Crippen LogP contribution in [0.1, 0.15) is 25.8 Å². The summed E-state index contributed by atoms with van der Waals surface area (Å²) in [6.45, 7) is 5.24. The van der Waals surface area contributed by atoms with Gasteiger partial charge in [0, 0.05) is 12.1 Å². The Morgan fingerprint density at radius 1 is 1.42 bits per heavy atom. The molecule has 1 aliphatic heterocycles. The third-order valence-corrected chi connectivity index (χ3v) is 5.34. The molecular weight excluding hydrogens is 262 g/mol. The molecule has 4 nitrogen and oxygen atoms in total. The summed E-state index contributed by atoms with van der Waals surface area (Å²) < 4.78 is 28.5. The van der Waals surface area contributed by atoms with Crippen LogP contribution in [0.15, 0.2) is 24.3 Å². The predicted molar refractivity (Wildman–Crippen MR) is 76.1 cm³/mol. The summed E-state index contributed by atoms with van der Waals surface area (Å²) in [5.74, 6) is 1.37. The molecule has 1 unspecified atom stereocenters. The van der Waals surface area contributed by atoms with E-state index in [4.69, 9.17) is 4.74 Å². The summed E-state index contributed by atoms with van der Waals surface area (Å²) in [6.07, 6.45) is 0.681. The second-order valence-corrected chi connectivity index (χ2v) is 7.52. The lowest BCUT2D eigenvalue weighted by molar-refractivity contribution is 0.339. The molecule has 0 aromatic heterocycles. The van der Waals surface area contributed by atoms with Gasteiger partial charge in [0.1, 0.15) is 5.75 Å². The molecule has 1 saturated heterocycles. The quantitative estimate of drug-likeness (QED) is 0.894. The molecule has 2 rings (SSSR count). The van der Waals surface area contributed by atoms with E-state index in [1.165, 1.54) is 0 Å². The van der Waals surface area contributed by atoms with Gasteiger partial charge in [-0.15, -0.1) is 0 Å². The zero-order valence-corrected chi connectivity index (χ0v) is 12.3. The Morgan fingerprint density at radius 2 is 2.21 bits per heavy atom. The largest absolute Gasteiger partial charge is 0.494 e. The Kier molecular flexibility index (Phi) is 4.16. The molecule has 1 aliphatic rings. The van der Waals surface area contributed by atoms with E-state index in [0.717, 1.165) is 11.3 Å². The van der Waals surface area contributed by atoms with E-state index >= 15 is 0 Å². The zero-order chi connectivity index (χ0) is 13.9. The van der Waals surface area contributed by atoms with Gasteiger partial charge in [-0.3, -0.25) is 0 Å². The predicted octanol–water partition coefficient (Wildman–Crippen LogP) is 1.75. The first-order valence-corrected chi connectivity index (χ1v) is 8.42.